The first kappa shape index (κ1) is 21.8. The van der Waals surface area contributed by atoms with Crippen LogP contribution in [0.2, 0.25) is 0 Å². The highest BCUT2D eigenvalue weighted by molar-refractivity contribution is 6.11. The number of pyridine rings is 2. The van der Waals surface area contributed by atoms with E-state index in [-0.39, 0.29) is 41.8 Å². The quantitative estimate of drug-likeness (QED) is 0.335. The van der Waals surface area contributed by atoms with Crippen LogP contribution in [-0.4, -0.2) is 38.8 Å². The number of ether oxygens (including phenoxy) is 1. The third-order valence-electron chi connectivity index (χ3n) is 5.05. The summed E-state index contributed by atoms with van der Waals surface area (Å²) in [6.45, 7) is 2.11. The molecule has 8 heteroatoms. The highest BCUT2D eigenvalue weighted by atomic mass is 16.5. The van der Waals surface area contributed by atoms with Crippen molar-refractivity contribution in [2.24, 2.45) is 0 Å². The minimum atomic E-state index is -0.592. The topological polar surface area (TPSA) is 110 Å². The monoisotopic (exact) mass is 443 g/mol. The van der Waals surface area contributed by atoms with Gasteiger partial charge in [-0.05, 0) is 61.5 Å². The number of carbonyl (C=O) groups is 3. The second-order valence-electron chi connectivity index (χ2n) is 7.21. The Balaban J connectivity index is 1.70. The van der Waals surface area contributed by atoms with E-state index in [1.54, 1.807) is 48.0 Å². The van der Waals surface area contributed by atoms with Gasteiger partial charge in [0.15, 0.2) is 0 Å². The van der Waals surface area contributed by atoms with Gasteiger partial charge in [0.2, 0.25) is 5.78 Å². The van der Waals surface area contributed by atoms with Gasteiger partial charge in [-0.25, -0.2) is 4.79 Å². The van der Waals surface area contributed by atoms with Gasteiger partial charge in [0.05, 0.1) is 35.6 Å². The summed E-state index contributed by atoms with van der Waals surface area (Å²) in [5.74, 6) is -1.23. The van der Waals surface area contributed by atoms with Crippen LogP contribution in [0.15, 0.2) is 73.1 Å². The van der Waals surface area contributed by atoms with E-state index in [0.717, 1.165) is 0 Å². The number of hydrogen-bond acceptors (Lipinski definition) is 6. The molecule has 2 N–H and O–H groups in total. The predicted octanol–water partition coefficient (Wildman–Crippen LogP) is 3.38. The number of rotatable bonds is 7. The van der Waals surface area contributed by atoms with E-state index in [0.29, 0.717) is 22.3 Å². The lowest BCUT2D eigenvalue weighted by molar-refractivity contribution is 0.0528. The molecule has 3 aromatic heterocycles. The summed E-state index contributed by atoms with van der Waals surface area (Å²) in [6.07, 6.45) is 3.22. The van der Waals surface area contributed by atoms with Crippen molar-refractivity contribution in [2.45, 2.75) is 13.5 Å². The molecule has 0 saturated carbocycles. The Morgan fingerprint density at radius 1 is 1.03 bits per heavy atom. The molecule has 0 atom stereocenters. The molecule has 8 nitrogen and oxygen atoms in total. The van der Waals surface area contributed by atoms with Gasteiger partial charge in [0.25, 0.3) is 5.91 Å². The van der Waals surface area contributed by atoms with E-state index in [9.17, 15) is 19.5 Å². The number of ketones is 1. The number of nitrogens with zero attached hydrogens (tertiary/aromatic N) is 2. The number of benzene rings is 1. The molecule has 0 radical (unpaired) electrons. The molecule has 33 heavy (non-hydrogen) atoms. The van der Waals surface area contributed by atoms with Gasteiger partial charge in [-0.15, -0.1) is 0 Å². The second kappa shape index (κ2) is 9.35. The molecule has 0 saturated heterocycles. The molecule has 0 unspecified atom stereocenters. The number of aromatic hydroxyl groups is 1. The lowest BCUT2D eigenvalue weighted by Gasteiger charge is -2.08. The molecule has 0 bridgehead atoms. The Labute approximate surface area is 189 Å². The minimum absolute atomic E-state index is 0.0418. The minimum Gasteiger partial charge on any atom is -0.508 e. The number of amides is 1. The maximum Gasteiger partial charge on any atom is 0.340 e. The van der Waals surface area contributed by atoms with Gasteiger partial charge in [-0.2, -0.15) is 0 Å². The van der Waals surface area contributed by atoms with Crippen LogP contribution in [0.1, 0.15) is 49.4 Å². The number of phenolic OH excluding ortho intramolecular Hbond substituents is 1. The van der Waals surface area contributed by atoms with Gasteiger partial charge in [-0.3, -0.25) is 14.6 Å². The molecule has 0 aliphatic rings. The molecule has 3 heterocycles. The molecule has 0 aliphatic carbocycles. The van der Waals surface area contributed by atoms with Crippen LogP contribution in [0.3, 0.4) is 0 Å². The summed E-state index contributed by atoms with van der Waals surface area (Å²) >= 11 is 0. The average molecular weight is 443 g/mol. The Kier molecular flexibility index (Phi) is 6.17. The van der Waals surface area contributed by atoms with Crippen LogP contribution in [-0.2, 0) is 11.3 Å². The molecule has 4 aromatic rings. The van der Waals surface area contributed by atoms with Crippen molar-refractivity contribution in [3.63, 3.8) is 0 Å². The van der Waals surface area contributed by atoms with Crippen molar-refractivity contribution in [2.75, 3.05) is 6.61 Å². The summed E-state index contributed by atoms with van der Waals surface area (Å²) in [7, 11) is 0. The van der Waals surface area contributed by atoms with Gasteiger partial charge < -0.3 is 19.6 Å². The number of carbonyl (C=O) groups excluding carboxylic acids is 3. The highest BCUT2D eigenvalue weighted by Crippen LogP contribution is 2.23. The molecule has 1 amide bonds. The summed E-state index contributed by atoms with van der Waals surface area (Å²) in [6, 6.07) is 15.8. The summed E-state index contributed by atoms with van der Waals surface area (Å²) < 4.78 is 6.70. The van der Waals surface area contributed by atoms with Crippen LogP contribution >= 0.6 is 0 Å². The first-order valence-electron chi connectivity index (χ1n) is 10.3. The lowest BCUT2D eigenvalue weighted by Crippen LogP contribution is -2.23. The van der Waals surface area contributed by atoms with Crippen LogP contribution in [0.4, 0.5) is 0 Å². The largest absolute Gasteiger partial charge is 0.508 e. The maximum absolute atomic E-state index is 13.1. The molecule has 166 valence electrons. The molecule has 1 aromatic carbocycles. The Morgan fingerprint density at radius 2 is 1.82 bits per heavy atom. The van der Waals surface area contributed by atoms with Crippen LogP contribution in [0.25, 0.3) is 5.52 Å². The second-order valence-corrected chi connectivity index (χ2v) is 7.21. The lowest BCUT2D eigenvalue weighted by atomic mass is 10.1. The number of fused-ring (bicyclic) bond motifs is 1. The Bertz CT molecular complexity index is 1330. The highest BCUT2D eigenvalue weighted by Gasteiger charge is 2.22. The van der Waals surface area contributed by atoms with E-state index >= 15 is 0 Å². The Hall–Kier alpha value is -4.46. The van der Waals surface area contributed by atoms with E-state index in [1.807, 2.05) is 6.07 Å². The van der Waals surface area contributed by atoms with Crippen molar-refractivity contribution in [3.05, 3.63) is 101 Å². The SMILES string of the molecule is CCOC(=O)c1cc(C(=O)c2ccc(O)cc2)n2ccc(C(=O)NCc3ccccn3)cc12. The van der Waals surface area contributed by atoms with Crippen LogP contribution in [0, 0.1) is 0 Å². The van der Waals surface area contributed by atoms with Gasteiger partial charge >= 0.3 is 5.97 Å². The van der Waals surface area contributed by atoms with Gasteiger partial charge in [0, 0.05) is 23.5 Å². The zero-order chi connectivity index (χ0) is 23.4. The summed E-state index contributed by atoms with van der Waals surface area (Å²) in [5.41, 5.74) is 2.17. The predicted molar refractivity (Wildman–Crippen MR) is 120 cm³/mol. The molecular formula is C25H21N3O5. The average Bonchev–Trinajstić information content (AvgIpc) is 3.22. The van der Waals surface area contributed by atoms with Crippen LogP contribution < -0.4 is 5.32 Å². The van der Waals surface area contributed by atoms with E-state index in [2.05, 4.69) is 10.3 Å². The van der Waals surface area contributed by atoms with E-state index < -0.39 is 5.97 Å². The number of nitrogens with one attached hydrogen (secondary N) is 1. The van der Waals surface area contributed by atoms with Crippen molar-refractivity contribution in [1.29, 1.82) is 0 Å². The molecule has 0 aliphatic heterocycles. The molecule has 0 fully saturated rings. The fourth-order valence-corrected chi connectivity index (χ4v) is 3.42. The first-order valence-corrected chi connectivity index (χ1v) is 10.3. The van der Waals surface area contributed by atoms with Crippen molar-refractivity contribution in [1.82, 2.24) is 14.7 Å². The maximum atomic E-state index is 13.1. The normalized spacial score (nSPS) is 10.7. The van der Waals surface area contributed by atoms with Crippen LogP contribution in [0.5, 0.6) is 5.75 Å². The number of esters is 1. The first-order chi connectivity index (χ1) is 16.0. The fraction of sp³-hybridized carbons (Fsp3) is 0.120. The molecule has 0 spiro atoms. The zero-order valence-electron chi connectivity index (χ0n) is 17.8. The summed E-state index contributed by atoms with van der Waals surface area (Å²) in [5, 5.41) is 12.3. The van der Waals surface area contributed by atoms with Gasteiger partial charge in [-0.1, -0.05) is 6.07 Å². The molecule has 4 rings (SSSR count). The summed E-state index contributed by atoms with van der Waals surface area (Å²) in [4.78, 5) is 42.6. The number of phenols is 1. The van der Waals surface area contributed by atoms with Gasteiger partial charge in [0.1, 0.15) is 5.75 Å². The zero-order valence-corrected chi connectivity index (χ0v) is 17.8. The third-order valence-corrected chi connectivity index (χ3v) is 5.05. The molecular weight excluding hydrogens is 422 g/mol. The number of hydrogen-bond donors (Lipinski definition) is 2. The smallest absolute Gasteiger partial charge is 0.340 e. The van der Waals surface area contributed by atoms with E-state index in [4.69, 9.17) is 4.74 Å². The standard InChI is InChI=1S/C25H21N3O5/c1-2-33-25(32)20-14-22(23(30)16-6-8-19(29)9-7-16)28-12-10-17(13-21(20)28)24(31)27-15-18-5-3-4-11-26-18/h3-14,29H,2,15H2,1H3,(H,27,31). The third kappa shape index (κ3) is 4.59. The fourth-order valence-electron chi connectivity index (χ4n) is 3.42. The Morgan fingerprint density at radius 3 is 2.52 bits per heavy atom. The van der Waals surface area contributed by atoms with E-state index in [1.165, 1.54) is 30.3 Å². The number of aromatic nitrogens is 2. The van der Waals surface area contributed by atoms with Crippen molar-refractivity contribution >= 4 is 23.2 Å². The van der Waals surface area contributed by atoms with Crippen molar-refractivity contribution in [3.8, 4) is 5.75 Å². The van der Waals surface area contributed by atoms with Crippen molar-refractivity contribution < 1.29 is 24.2 Å².